The van der Waals surface area contributed by atoms with Crippen molar-refractivity contribution in [3.8, 4) is 0 Å². The SMILES string of the molecule is Cc1ccc2c(Nc3ccc(C)c(F)c3)c(C(=O)N3CCCCC3)cnc2n1.Cl. The summed E-state index contributed by atoms with van der Waals surface area (Å²) < 4.78 is 14.1. The molecule has 4 rings (SSSR count). The number of hydrogen-bond donors (Lipinski definition) is 1. The average Bonchev–Trinajstić information content (AvgIpc) is 2.71. The Kier molecular flexibility index (Phi) is 6.33. The summed E-state index contributed by atoms with van der Waals surface area (Å²) in [6, 6.07) is 8.76. The molecule has 29 heavy (non-hydrogen) atoms. The molecule has 1 amide bonds. The van der Waals surface area contributed by atoms with E-state index in [0.29, 0.717) is 28.1 Å². The number of nitrogens with zero attached hydrogens (tertiary/aromatic N) is 3. The van der Waals surface area contributed by atoms with Crippen LogP contribution in [0, 0.1) is 19.7 Å². The Morgan fingerprint density at radius 1 is 1.10 bits per heavy atom. The van der Waals surface area contributed by atoms with Gasteiger partial charge < -0.3 is 10.2 Å². The number of aromatic nitrogens is 2. The molecule has 0 radical (unpaired) electrons. The molecule has 0 aliphatic carbocycles. The van der Waals surface area contributed by atoms with Gasteiger partial charge in [-0.1, -0.05) is 6.07 Å². The predicted molar refractivity (Wildman–Crippen MR) is 116 cm³/mol. The first-order valence-electron chi connectivity index (χ1n) is 9.62. The number of rotatable bonds is 3. The van der Waals surface area contributed by atoms with Gasteiger partial charge in [-0.3, -0.25) is 4.79 Å². The minimum absolute atomic E-state index is 0. The van der Waals surface area contributed by atoms with E-state index >= 15 is 0 Å². The third-order valence-electron chi connectivity index (χ3n) is 5.18. The maximum Gasteiger partial charge on any atom is 0.257 e. The molecule has 0 spiro atoms. The second-order valence-electron chi connectivity index (χ2n) is 7.31. The van der Waals surface area contributed by atoms with Crippen LogP contribution in [-0.4, -0.2) is 33.9 Å². The third-order valence-corrected chi connectivity index (χ3v) is 5.18. The zero-order valence-corrected chi connectivity index (χ0v) is 17.4. The van der Waals surface area contributed by atoms with Crippen molar-refractivity contribution in [2.75, 3.05) is 18.4 Å². The molecule has 1 saturated heterocycles. The van der Waals surface area contributed by atoms with Crippen molar-refractivity contribution in [1.82, 2.24) is 14.9 Å². The van der Waals surface area contributed by atoms with Crippen molar-refractivity contribution >= 4 is 40.7 Å². The summed E-state index contributed by atoms with van der Waals surface area (Å²) in [5, 5.41) is 4.00. The summed E-state index contributed by atoms with van der Waals surface area (Å²) >= 11 is 0. The quantitative estimate of drug-likeness (QED) is 0.641. The summed E-state index contributed by atoms with van der Waals surface area (Å²) in [6.07, 6.45) is 4.76. The number of piperidine rings is 1. The number of carbonyl (C=O) groups excluding carboxylic acids is 1. The molecule has 5 nitrogen and oxygen atoms in total. The Balaban J connectivity index is 0.00000240. The fraction of sp³-hybridized carbons (Fsp3) is 0.318. The number of benzene rings is 1. The van der Waals surface area contributed by atoms with Crippen LogP contribution >= 0.6 is 12.4 Å². The van der Waals surface area contributed by atoms with Gasteiger partial charge in [-0.05, 0) is 62.9 Å². The molecule has 1 N–H and O–H groups in total. The average molecular weight is 415 g/mol. The van der Waals surface area contributed by atoms with Crippen LogP contribution < -0.4 is 5.32 Å². The van der Waals surface area contributed by atoms with Crippen LogP contribution in [0.3, 0.4) is 0 Å². The second kappa shape index (κ2) is 8.74. The zero-order valence-electron chi connectivity index (χ0n) is 16.5. The van der Waals surface area contributed by atoms with Crippen molar-refractivity contribution in [3.63, 3.8) is 0 Å². The molecule has 7 heteroatoms. The fourth-order valence-corrected chi connectivity index (χ4v) is 3.55. The van der Waals surface area contributed by atoms with Gasteiger partial charge in [-0.15, -0.1) is 12.4 Å². The molecule has 1 aliphatic rings. The summed E-state index contributed by atoms with van der Waals surface area (Å²) in [6.45, 7) is 5.12. The molecular formula is C22H24ClFN4O. The van der Waals surface area contributed by atoms with Gasteiger partial charge >= 0.3 is 0 Å². The van der Waals surface area contributed by atoms with E-state index in [4.69, 9.17) is 0 Å². The van der Waals surface area contributed by atoms with Gasteiger partial charge in [0.05, 0.1) is 11.3 Å². The maximum atomic E-state index is 14.1. The number of carbonyl (C=O) groups is 1. The van der Waals surface area contributed by atoms with E-state index in [2.05, 4.69) is 15.3 Å². The number of anilines is 2. The highest BCUT2D eigenvalue weighted by Gasteiger charge is 2.23. The van der Waals surface area contributed by atoms with Crippen LogP contribution in [0.15, 0.2) is 36.5 Å². The minimum atomic E-state index is -0.291. The number of pyridine rings is 2. The van der Waals surface area contributed by atoms with E-state index in [1.54, 1.807) is 25.3 Å². The van der Waals surface area contributed by atoms with Crippen LogP contribution in [0.5, 0.6) is 0 Å². The summed E-state index contributed by atoms with van der Waals surface area (Å²) in [5.41, 5.74) is 3.68. The normalized spacial score (nSPS) is 13.8. The fourth-order valence-electron chi connectivity index (χ4n) is 3.55. The molecule has 3 heterocycles. The van der Waals surface area contributed by atoms with Crippen LogP contribution in [0.2, 0.25) is 0 Å². The minimum Gasteiger partial charge on any atom is -0.354 e. The monoisotopic (exact) mass is 414 g/mol. The van der Waals surface area contributed by atoms with Gasteiger partial charge in [0.2, 0.25) is 0 Å². The largest absolute Gasteiger partial charge is 0.354 e. The van der Waals surface area contributed by atoms with Crippen molar-refractivity contribution in [2.24, 2.45) is 0 Å². The van der Waals surface area contributed by atoms with Crippen molar-refractivity contribution in [1.29, 1.82) is 0 Å². The molecule has 0 atom stereocenters. The highest BCUT2D eigenvalue weighted by atomic mass is 35.5. The van der Waals surface area contributed by atoms with Crippen molar-refractivity contribution < 1.29 is 9.18 Å². The number of likely N-dealkylation sites (tertiary alicyclic amines) is 1. The van der Waals surface area contributed by atoms with Crippen LogP contribution in [-0.2, 0) is 0 Å². The van der Waals surface area contributed by atoms with Crippen molar-refractivity contribution in [3.05, 3.63) is 59.2 Å². The Labute approximate surface area is 175 Å². The van der Waals surface area contributed by atoms with E-state index in [0.717, 1.165) is 43.4 Å². The van der Waals surface area contributed by atoms with Gasteiger partial charge in [0, 0.05) is 36.1 Å². The van der Waals surface area contributed by atoms with Crippen LogP contribution in [0.1, 0.15) is 40.9 Å². The van der Waals surface area contributed by atoms with Gasteiger partial charge in [0.25, 0.3) is 5.91 Å². The number of hydrogen-bond acceptors (Lipinski definition) is 4. The molecule has 2 aromatic heterocycles. The Bertz CT molecular complexity index is 1050. The van der Waals surface area contributed by atoms with Gasteiger partial charge in [0.15, 0.2) is 5.65 Å². The number of amides is 1. The standard InChI is InChI=1S/C22H23FN4O.ClH/c1-14-6-8-16(12-19(14)23)26-20-17-9-7-15(2)25-21(17)24-13-18(20)22(28)27-10-4-3-5-11-27;/h6-9,12-13H,3-5,10-11H2,1-2H3,(H,24,25,26);1H. The maximum absolute atomic E-state index is 14.1. The number of nitrogens with one attached hydrogen (secondary N) is 1. The summed E-state index contributed by atoms with van der Waals surface area (Å²) in [4.78, 5) is 24.0. The first-order valence-corrected chi connectivity index (χ1v) is 9.62. The number of halogens is 2. The predicted octanol–water partition coefficient (Wildman–Crippen LogP) is 5.18. The first-order chi connectivity index (χ1) is 13.5. The molecule has 0 unspecified atom stereocenters. The van der Waals surface area contributed by atoms with E-state index in [1.807, 2.05) is 24.0 Å². The van der Waals surface area contributed by atoms with Gasteiger partial charge in [-0.25, -0.2) is 14.4 Å². The van der Waals surface area contributed by atoms with Gasteiger partial charge in [0.1, 0.15) is 5.82 Å². The lowest BCUT2D eigenvalue weighted by molar-refractivity contribution is 0.0725. The molecule has 0 saturated carbocycles. The van der Waals surface area contributed by atoms with E-state index in [9.17, 15) is 9.18 Å². The lowest BCUT2D eigenvalue weighted by Crippen LogP contribution is -2.36. The van der Waals surface area contributed by atoms with E-state index in [-0.39, 0.29) is 24.1 Å². The highest BCUT2D eigenvalue weighted by Crippen LogP contribution is 2.30. The van der Waals surface area contributed by atoms with Crippen molar-refractivity contribution in [2.45, 2.75) is 33.1 Å². The van der Waals surface area contributed by atoms with E-state index < -0.39 is 0 Å². The molecule has 1 fully saturated rings. The second-order valence-corrected chi connectivity index (χ2v) is 7.31. The molecule has 3 aromatic rings. The Morgan fingerprint density at radius 3 is 2.59 bits per heavy atom. The summed E-state index contributed by atoms with van der Waals surface area (Å²) in [5.74, 6) is -0.342. The van der Waals surface area contributed by atoms with Crippen LogP contribution in [0.25, 0.3) is 11.0 Å². The molecule has 1 aliphatic heterocycles. The summed E-state index contributed by atoms with van der Waals surface area (Å²) in [7, 11) is 0. The molecule has 0 bridgehead atoms. The van der Waals surface area contributed by atoms with Crippen LogP contribution in [0.4, 0.5) is 15.8 Å². The van der Waals surface area contributed by atoms with Gasteiger partial charge in [-0.2, -0.15) is 0 Å². The smallest absolute Gasteiger partial charge is 0.257 e. The number of fused-ring (bicyclic) bond motifs is 1. The molecule has 1 aromatic carbocycles. The lowest BCUT2D eigenvalue weighted by Gasteiger charge is -2.27. The molecule has 152 valence electrons. The zero-order chi connectivity index (χ0) is 19.7. The number of aryl methyl sites for hydroxylation is 2. The lowest BCUT2D eigenvalue weighted by atomic mass is 10.1. The Morgan fingerprint density at radius 2 is 1.86 bits per heavy atom. The van der Waals surface area contributed by atoms with E-state index in [1.165, 1.54) is 6.07 Å². The Hall–Kier alpha value is -2.73. The highest BCUT2D eigenvalue weighted by molar-refractivity contribution is 6.07. The third kappa shape index (κ3) is 4.32. The topological polar surface area (TPSA) is 58.1 Å². The first kappa shape index (κ1) is 21.0. The molecular weight excluding hydrogens is 391 g/mol.